The number of rotatable bonds is 6. The maximum atomic E-state index is 12.8. The number of aromatic nitrogens is 2. The highest BCUT2D eigenvalue weighted by Crippen LogP contribution is 2.24. The molecule has 0 aliphatic carbocycles. The van der Waals surface area contributed by atoms with Gasteiger partial charge in [0.05, 0.1) is 11.9 Å². The van der Waals surface area contributed by atoms with E-state index < -0.39 is 11.6 Å². The summed E-state index contributed by atoms with van der Waals surface area (Å²) in [6.45, 7) is 5.57. The fourth-order valence-corrected chi connectivity index (χ4v) is 3.20. The van der Waals surface area contributed by atoms with Crippen LogP contribution in [-0.4, -0.2) is 27.6 Å². The van der Waals surface area contributed by atoms with Crippen molar-refractivity contribution in [3.8, 4) is 11.3 Å². The standard InChI is InChI=1S/C23H24BrN3O2/c1-23(2,3)29-22(28)18(14-16-10-6-4-7-11-16)27-21-20(24)26-19(15-25-21)17-12-8-5-9-13-17/h4-13,15,18H,14H2,1-3H3,(H,25,27). The number of hydrogen-bond acceptors (Lipinski definition) is 5. The van der Waals surface area contributed by atoms with Gasteiger partial charge in [-0.1, -0.05) is 60.7 Å². The number of nitrogens with zero attached hydrogens (tertiary/aromatic N) is 2. The first-order chi connectivity index (χ1) is 13.8. The minimum atomic E-state index is -0.593. The highest BCUT2D eigenvalue weighted by atomic mass is 79.9. The van der Waals surface area contributed by atoms with Gasteiger partial charge in [-0.05, 0) is 42.3 Å². The van der Waals surface area contributed by atoms with Crippen LogP contribution in [0.5, 0.6) is 0 Å². The van der Waals surface area contributed by atoms with Crippen molar-refractivity contribution < 1.29 is 9.53 Å². The van der Waals surface area contributed by atoms with Crippen LogP contribution in [0.25, 0.3) is 11.3 Å². The Labute approximate surface area is 179 Å². The maximum absolute atomic E-state index is 12.8. The van der Waals surface area contributed by atoms with Crippen LogP contribution >= 0.6 is 15.9 Å². The lowest BCUT2D eigenvalue weighted by atomic mass is 10.1. The maximum Gasteiger partial charge on any atom is 0.329 e. The first-order valence-electron chi connectivity index (χ1n) is 9.43. The molecule has 1 heterocycles. The van der Waals surface area contributed by atoms with Crippen LogP contribution in [-0.2, 0) is 16.0 Å². The smallest absolute Gasteiger partial charge is 0.329 e. The molecule has 5 nitrogen and oxygen atoms in total. The average molecular weight is 454 g/mol. The van der Waals surface area contributed by atoms with E-state index in [1.807, 2.05) is 81.4 Å². The van der Waals surface area contributed by atoms with Crippen molar-refractivity contribution in [1.82, 2.24) is 9.97 Å². The summed E-state index contributed by atoms with van der Waals surface area (Å²) in [5.41, 5.74) is 2.18. The summed E-state index contributed by atoms with van der Waals surface area (Å²) in [6, 6.07) is 19.0. The number of carbonyl (C=O) groups excluding carboxylic acids is 1. The third kappa shape index (κ3) is 6.12. The molecule has 1 unspecified atom stereocenters. The van der Waals surface area contributed by atoms with Gasteiger partial charge >= 0.3 is 5.97 Å². The molecule has 0 fully saturated rings. The average Bonchev–Trinajstić information content (AvgIpc) is 2.69. The van der Waals surface area contributed by atoms with E-state index in [0.29, 0.717) is 16.8 Å². The zero-order valence-electron chi connectivity index (χ0n) is 16.7. The van der Waals surface area contributed by atoms with Crippen molar-refractivity contribution in [2.75, 3.05) is 5.32 Å². The Morgan fingerprint density at radius 3 is 2.28 bits per heavy atom. The van der Waals surface area contributed by atoms with Crippen LogP contribution < -0.4 is 5.32 Å². The largest absolute Gasteiger partial charge is 0.458 e. The van der Waals surface area contributed by atoms with Crippen LogP contribution in [0.3, 0.4) is 0 Å². The summed E-state index contributed by atoms with van der Waals surface area (Å²) in [4.78, 5) is 21.9. The Bertz CT molecular complexity index is 957. The minimum Gasteiger partial charge on any atom is -0.458 e. The van der Waals surface area contributed by atoms with E-state index in [9.17, 15) is 4.79 Å². The van der Waals surface area contributed by atoms with Gasteiger partial charge < -0.3 is 10.1 Å². The molecule has 1 aromatic heterocycles. The van der Waals surface area contributed by atoms with Crippen LogP contribution in [0.2, 0.25) is 0 Å². The number of anilines is 1. The van der Waals surface area contributed by atoms with Gasteiger partial charge in [-0.2, -0.15) is 0 Å². The molecule has 1 atom stereocenters. The lowest BCUT2D eigenvalue weighted by molar-refractivity contribution is -0.155. The molecule has 0 aliphatic heterocycles. The summed E-state index contributed by atoms with van der Waals surface area (Å²) in [5, 5.41) is 3.20. The Kier molecular flexibility index (Phi) is 6.64. The van der Waals surface area contributed by atoms with Crippen molar-refractivity contribution in [2.24, 2.45) is 0 Å². The molecule has 3 aromatic rings. The van der Waals surface area contributed by atoms with Gasteiger partial charge in [-0.25, -0.2) is 14.8 Å². The predicted molar refractivity (Wildman–Crippen MR) is 119 cm³/mol. The highest BCUT2D eigenvalue weighted by molar-refractivity contribution is 9.10. The zero-order chi connectivity index (χ0) is 20.9. The van der Waals surface area contributed by atoms with Gasteiger partial charge in [0.1, 0.15) is 16.2 Å². The fraction of sp³-hybridized carbons (Fsp3) is 0.261. The van der Waals surface area contributed by atoms with E-state index in [0.717, 1.165) is 16.8 Å². The number of carbonyl (C=O) groups is 1. The number of benzene rings is 2. The van der Waals surface area contributed by atoms with Crippen LogP contribution in [0.4, 0.5) is 5.82 Å². The summed E-state index contributed by atoms with van der Waals surface area (Å²) in [6.07, 6.45) is 2.17. The van der Waals surface area contributed by atoms with Gasteiger partial charge in [0, 0.05) is 12.0 Å². The van der Waals surface area contributed by atoms with E-state index in [-0.39, 0.29) is 5.97 Å². The topological polar surface area (TPSA) is 64.1 Å². The molecule has 1 N–H and O–H groups in total. The summed E-state index contributed by atoms with van der Waals surface area (Å²) in [5.74, 6) is 0.165. The normalized spacial score (nSPS) is 12.3. The second-order valence-electron chi connectivity index (χ2n) is 7.68. The van der Waals surface area contributed by atoms with E-state index in [1.54, 1.807) is 6.20 Å². The molecular weight excluding hydrogens is 430 g/mol. The second-order valence-corrected chi connectivity index (χ2v) is 8.43. The molecule has 3 rings (SSSR count). The zero-order valence-corrected chi connectivity index (χ0v) is 18.3. The lowest BCUT2D eigenvalue weighted by Crippen LogP contribution is -2.38. The Morgan fingerprint density at radius 1 is 1.07 bits per heavy atom. The molecule has 0 saturated carbocycles. The minimum absolute atomic E-state index is 0.331. The summed E-state index contributed by atoms with van der Waals surface area (Å²) < 4.78 is 6.15. The molecule has 0 saturated heterocycles. The number of halogens is 1. The molecule has 0 aliphatic rings. The molecule has 150 valence electrons. The van der Waals surface area contributed by atoms with Crippen molar-refractivity contribution >= 4 is 27.7 Å². The lowest BCUT2D eigenvalue weighted by Gasteiger charge is -2.25. The highest BCUT2D eigenvalue weighted by Gasteiger charge is 2.26. The number of nitrogens with one attached hydrogen (secondary N) is 1. The predicted octanol–water partition coefficient (Wildman–Crippen LogP) is 5.27. The van der Waals surface area contributed by atoms with Gasteiger partial charge in [0.25, 0.3) is 0 Å². The third-order valence-electron chi connectivity index (χ3n) is 4.08. The fourth-order valence-electron chi connectivity index (χ4n) is 2.79. The molecule has 0 bridgehead atoms. The van der Waals surface area contributed by atoms with Crippen molar-refractivity contribution in [3.05, 3.63) is 77.0 Å². The quantitative estimate of drug-likeness (QED) is 0.514. The number of ether oxygens (including phenoxy) is 1. The summed E-state index contributed by atoms with van der Waals surface area (Å²) in [7, 11) is 0. The first-order valence-corrected chi connectivity index (χ1v) is 10.2. The number of hydrogen-bond donors (Lipinski definition) is 1. The Balaban J connectivity index is 1.83. The van der Waals surface area contributed by atoms with Crippen molar-refractivity contribution in [2.45, 2.75) is 38.8 Å². The van der Waals surface area contributed by atoms with Crippen molar-refractivity contribution in [1.29, 1.82) is 0 Å². The monoisotopic (exact) mass is 453 g/mol. The van der Waals surface area contributed by atoms with Crippen LogP contribution in [0.1, 0.15) is 26.3 Å². The Hall–Kier alpha value is -2.73. The van der Waals surface area contributed by atoms with Crippen LogP contribution in [0, 0.1) is 0 Å². The van der Waals surface area contributed by atoms with Gasteiger partial charge in [-0.3, -0.25) is 0 Å². The molecule has 29 heavy (non-hydrogen) atoms. The molecule has 0 spiro atoms. The summed E-state index contributed by atoms with van der Waals surface area (Å²) >= 11 is 3.48. The van der Waals surface area contributed by atoms with E-state index >= 15 is 0 Å². The third-order valence-corrected chi connectivity index (χ3v) is 4.64. The number of esters is 1. The van der Waals surface area contributed by atoms with Gasteiger partial charge in [0.2, 0.25) is 0 Å². The van der Waals surface area contributed by atoms with E-state index in [2.05, 4.69) is 31.2 Å². The molecule has 2 aromatic carbocycles. The molecule has 6 heteroatoms. The first kappa shape index (κ1) is 21.0. The van der Waals surface area contributed by atoms with Gasteiger partial charge in [-0.15, -0.1) is 0 Å². The van der Waals surface area contributed by atoms with Crippen LogP contribution in [0.15, 0.2) is 71.5 Å². The van der Waals surface area contributed by atoms with Gasteiger partial charge in [0.15, 0.2) is 5.82 Å². The molecule has 0 amide bonds. The SMILES string of the molecule is CC(C)(C)OC(=O)C(Cc1ccccc1)Nc1ncc(-c2ccccc2)nc1Br. The molecular formula is C23H24BrN3O2. The van der Waals surface area contributed by atoms with E-state index in [1.165, 1.54) is 0 Å². The second kappa shape index (κ2) is 9.18. The van der Waals surface area contributed by atoms with E-state index in [4.69, 9.17) is 4.74 Å². The molecule has 0 radical (unpaired) electrons. The van der Waals surface area contributed by atoms with Crippen molar-refractivity contribution in [3.63, 3.8) is 0 Å². The Morgan fingerprint density at radius 2 is 1.69 bits per heavy atom.